The lowest BCUT2D eigenvalue weighted by Gasteiger charge is -2.33. The molecule has 84 valence electrons. The number of nitrogens with zero attached hydrogens (tertiary/aromatic N) is 1. The maximum absolute atomic E-state index is 11.8. The first-order chi connectivity index (χ1) is 6.52. The standard InChI is InChI=1S/C11H23NOS/c1-9(2)11-5-7-12(8-6-11)14(13)10(3)4/h9-11H,5-8H2,1-4H3. The molecule has 2 nitrogen and oxygen atoms in total. The normalized spacial score (nSPS) is 23.3. The van der Waals surface area contributed by atoms with Crippen LogP contribution in [0.1, 0.15) is 40.5 Å². The molecule has 1 aliphatic heterocycles. The van der Waals surface area contributed by atoms with E-state index in [1.807, 2.05) is 13.8 Å². The predicted molar refractivity (Wildman–Crippen MR) is 62.4 cm³/mol. The summed E-state index contributed by atoms with van der Waals surface area (Å²) in [5.41, 5.74) is 0. The Labute approximate surface area is 90.7 Å². The first kappa shape index (κ1) is 12.2. The first-order valence-electron chi connectivity index (χ1n) is 5.68. The average molecular weight is 217 g/mol. The minimum Gasteiger partial charge on any atom is -0.242 e. The maximum Gasteiger partial charge on any atom is 0.0968 e. The SMILES string of the molecule is CC(C)C1CCN(S(=O)C(C)C)CC1. The van der Waals surface area contributed by atoms with Crippen LogP contribution in [0.25, 0.3) is 0 Å². The minimum atomic E-state index is -0.753. The van der Waals surface area contributed by atoms with E-state index >= 15 is 0 Å². The van der Waals surface area contributed by atoms with Crippen LogP contribution in [0.5, 0.6) is 0 Å². The summed E-state index contributed by atoms with van der Waals surface area (Å²) in [5.74, 6) is 1.63. The summed E-state index contributed by atoms with van der Waals surface area (Å²) in [5, 5.41) is 0.269. The zero-order valence-corrected chi connectivity index (χ0v) is 10.6. The number of piperidine rings is 1. The van der Waals surface area contributed by atoms with Gasteiger partial charge in [-0.2, -0.15) is 0 Å². The molecule has 14 heavy (non-hydrogen) atoms. The Bertz CT molecular complexity index is 195. The van der Waals surface area contributed by atoms with Crippen molar-refractivity contribution >= 4 is 11.0 Å². The lowest BCUT2D eigenvalue weighted by atomic mass is 9.87. The zero-order chi connectivity index (χ0) is 10.7. The van der Waals surface area contributed by atoms with Gasteiger partial charge in [-0.25, -0.2) is 8.51 Å². The largest absolute Gasteiger partial charge is 0.242 e. The van der Waals surface area contributed by atoms with Gasteiger partial charge >= 0.3 is 0 Å². The first-order valence-corrected chi connectivity index (χ1v) is 6.85. The van der Waals surface area contributed by atoms with Gasteiger partial charge in [0.05, 0.1) is 11.0 Å². The molecule has 1 atom stereocenters. The molecule has 1 unspecified atom stereocenters. The third-order valence-corrected chi connectivity index (χ3v) is 4.78. The van der Waals surface area contributed by atoms with E-state index in [0.29, 0.717) is 0 Å². The number of hydrogen-bond donors (Lipinski definition) is 0. The monoisotopic (exact) mass is 217 g/mol. The van der Waals surface area contributed by atoms with Crippen LogP contribution in [-0.2, 0) is 11.0 Å². The van der Waals surface area contributed by atoms with E-state index < -0.39 is 11.0 Å². The topological polar surface area (TPSA) is 20.3 Å². The molecular weight excluding hydrogens is 194 g/mol. The lowest BCUT2D eigenvalue weighted by molar-refractivity contribution is 0.232. The van der Waals surface area contributed by atoms with Gasteiger partial charge in [0.2, 0.25) is 0 Å². The highest BCUT2D eigenvalue weighted by Crippen LogP contribution is 2.25. The van der Waals surface area contributed by atoms with E-state index in [1.165, 1.54) is 12.8 Å². The molecule has 0 aliphatic carbocycles. The smallest absolute Gasteiger partial charge is 0.0968 e. The molecule has 1 fully saturated rings. The number of hydrogen-bond acceptors (Lipinski definition) is 1. The zero-order valence-electron chi connectivity index (χ0n) is 9.82. The average Bonchev–Trinajstić information content (AvgIpc) is 2.16. The summed E-state index contributed by atoms with van der Waals surface area (Å²) in [7, 11) is -0.753. The van der Waals surface area contributed by atoms with Crippen molar-refractivity contribution in [2.75, 3.05) is 13.1 Å². The highest BCUT2D eigenvalue weighted by molar-refractivity contribution is 7.83. The van der Waals surface area contributed by atoms with Gasteiger partial charge < -0.3 is 0 Å². The van der Waals surface area contributed by atoms with Crippen molar-refractivity contribution in [3.8, 4) is 0 Å². The summed E-state index contributed by atoms with van der Waals surface area (Å²) >= 11 is 0. The van der Waals surface area contributed by atoms with Crippen molar-refractivity contribution in [3.63, 3.8) is 0 Å². The molecular formula is C11H23NOS. The quantitative estimate of drug-likeness (QED) is 0.711. The van der Waals surface area contributed by atoms with Gasteiger partial charge in [0.25, 0.3) is 0 Å². The molecule has 0 saturated carbocycles. The van der Waals surface area contributed by atoms with Crippen LogP contribution in [0.3, 0.4) is 0 Å². The van der Waals surface area contributed by atoms with E-state index in [0.717, 1.165) is 24.9 Å². The van der Waals surface area contributed by atoms with E-state index in [-0.39, 0.29) is 5.25 Å². The van der Waals surface area contributed by atoms with Gasteiger partial charge in [-0.1, -0.05) is 13.8 Å². The van der Waals surface area contributed by atoms with E-state index in [2.05, 4.69) is 18.2 Å². The molecule has 0 aromatic carbocycles. The molecule has 3 heteroatoms. The Morgan fingerprint density at radius 3 is 2.00 bits per heavy atom. The maximum atomic E-state index is 11.8. The van der Waals surface area contributed by atoms with Crippen LogP contribution in [0, 0.1) is 11.8 Å². The summed E-state index contributed by atoms with van der Waals surface area (Å²) in [6.07, 6.45) is 2.44. The summed E-state index contributed by atoms with van der Waals surface area (Å²) < 4.78 is 14.0. The molecule has 1 rings (SSSR count). The molecule has 0 N–H and O–H groups in total. The van der Waals surface area contributed by atoms with E-state index in [9.17, 15) is 4.21 Å². The van der Waals surface area contributed by atoms with Crippen LogP contribution >= 0.6 is 0 Å². The van der Waals surface area contributed by atoms with Crippen LogP contribution in [0.4, 0.5) is 0 Å². The molecule has 1 saturated heterocycles. The highest BCUT2D eigenvalue weighted by atomic mass is 32.2. The molecule has 0 radical (unpaired) electrons. The van der Waals surface area contributed by atoms with Crippen LogP contribution in [-0.4, -0.2) is 26.9 Å². The fourth-order valence-corrected chi connectivity index (χ4v) is 3.19. The minimum absolute atomic E-state index is 0.269. The Morgan fingerprint density at radius 2 is 1.64 bits per heavy atom. The van der Waals surface area contributed by atoms with Crippen molar-refractivity contribution in [1.29, 1.82) is 0 Å². The molecule has 1 heterocycles. The fraction of sp³-hybridized carbons (Fsp3) is 1.00. The van der Waals surface area contributed by atoms with E-state index in [1.54, 1.807) is 0 Å². The number of rotatable bonds is 3. The van der Waals surface area contributed by atoms with Crippen LogP contribution < -0.4 is 0 Å². The van der Waals surface area contributed by atoms with Crippen LogP contribution in [0.15, 0.2) is 0 Å². The fourth-order valence-electron chi connectivity index (χ4n) is 2.02. The second-order valence-corrected chi connectivity index (χ2v) is 6.85. The van der Waals surface area contributed by atoms with Crippen molar-refractivity contribution in [3.05, 3.63) is 0 Å². The summed E-state index contributed by atoms with van der Waals surface area (Å²) in [4.78, 5) is 0. The third-order valence-electron chi connectivity index (χ3n) is 3.10. The van der Waals surface area contributed by atoms with Gasteiger partial charge in [0.15, 0.2) is 0 Å². The van der Waals surface area contributed by atoms with Gasteiger partial charge in [0, 0.05) is 18.3 Å². The van der Waals surface area contributed by atoms with Gasteiger partial charge in [-0.05, 0) is 38.5 Å². The van der Waals surface area contributed by atoms with Gasteiger partial charge in [-0.15, -0.1) is 0 Å². The second-order valence-electron chi connectivity index (χ2n) is 4.84. The van der Waals surface area contributed by atoms with Gasteiger partial charge in [0.1, 0.15) is 0 Å². The predicted octanol–water partition coefficient (Wildman–Crippen LogP) is 2.43. The molecule has 0 spiro atoms. The molecule has 0 aromatic heterocycles. The second kappa shape index (κ2) is 5.26. The Morgan fingerprint density at radius 1 is 1.14 bits per heavy atom. The Balaban J connectivity index is 2.39. The van der Waals surface area contributed by atoms with Crippen molar-refractivity contribution in [2.45, 2.75) is 45.8 Å². The van der Waals surface area contributed by atoms with Crippen molar-refractivity contribution in [2.24, 2.45) is 11.8 Å². The van der Waals surface area contributed by atoms with Crippen molar-refractivity contribution in [1.82, 2.24) is 4.31 Å². The molecule has 1 aliphatic rings. The van der Waals surface area contributed by atoms with Crippen LogP contribution in [0.2, 0.25) is 0 Å². The molecule has 0 bridgehead atoms. The van der Waals surface area contributed by atoms with E-state index in [4.69, 9.17) is 0 Å². The summed E-state index contributed by atoms with van der Waals surface area (Å²) in [6, 6.07) is 0. The Kier molecular flexibility index (Phi) is 4.58. The highest BCUT2D eigenvalue weighted by Gasteiger charge is 2.25. The van der Waals surface area contributed by atoms with Gasteiger partial charge in [-0.3, -0.25) is 0 Å². The Hall–Kier alpha value is 0.110. The molecule has 0 amide bonds. The third kappa shape index (κ3) is 3.06. The van der Waals surface area contributed by atoms with Crippen molar-refractivity contribution < 1.29 is 4.21 Å². The lowest BCUT2D eigenvalue weighted by Crippen LogP contribution is -2.39. The summed E-state index contributed by atoms with van der Waals surface area (Å²) in [6.45, 7) is 10.7. The molecule has 0 aromatic rings.